The minimum Gasteiger partial charge on any atom is -0.484 e. The van der Waals surface area contributed by atoms with Crippen LogP contribution in [0, 0.1) is 0 Å². The molecular formula is C20H24N2O3. The minimum atomic E-state index is -0.119. The SMILES string of the molecule is CC(CC(=O)Nc1cccc(OCC(=O)N(C)C)c1)c1ccccc1. The molecule has 0 bridgehead atoms. The molecule has 0 fully saturated rings. The fourth-order valence-corrected chi connectivity index (χ4v) is 2.33. The van der Waals surface area contributed by atoms with Gasteiger partial charge in [-0.15, -0.1) is 0 Å². The summed E-state index contributed by atoms with van der Waals surface area (Å²) in [6.07, 6.45) is 0.397. The van der Waals surface area contributed by atoms with Crippen molar-refractivity contribution in [2.75, 3.05) is 26.0 Å². The second kappa shape index (κ2) is 8.87. The van der Waals surface area contributed by atoms with Crippen LogP contribution in [0.2, 0.25) is 0 Å². The molecule has 0 radical (unpaired) electrons. The molecule has 0 aliphatic rings. The first kappa shape index (κ1) is 18.5. The predicted molar refractivity (Wildman–Crippen MR) is 98.7 cm³/mol. The molecule has 0 spiro atoms. The highest BCUT2D eigenvalue weighted by molar-refractivity contribution is 5.91. The maximum absolute atomic E-state index is 12.3. The Morgan fingerprint density at radius 3 is 2.48 bits per heavy atom. The third kappa shape index (κ3) is 5.95. The normalized spacial score (nSPS) is 11.5. The van der Waals surface area contributed by atoms with Crippen LogP contribution >= 0.6 is 0 Å². The van der Waals surface area contributed by atoms with Gasteiger partial charge in [0.2, 0.25) is 5.91 Å². The van der Waals surface area contributed by atoms with Crippen molar-refractivity contribution in [2.45, 2.75) is 19.3 Å². The number of nitrogens with one attached hydrogen (secondary N) is 1. The molecule has 5 nitrogen and oxygen atoms in total. The number of carbonyl (C=O) groups is 2. The van der Waals surface area contributed by atoms with Gasteiger partial charge in [0.25, 0.3) is 5.91 Å². The van der Waals surface area contributed by atoms with Crippen LogP contribution in [0.25, 0.3) is 0 Å². The van der Waals surface area contributed by atoms with E-state index in [1.165, 1.54) is 4.90 Å². The van der Waals surface area contributed by atoms with E-state index >= 15 is 0 Å². The molecule has 0 aromatic heterocycles. The molecule has 0 aliphatic carbocycles. The first-order chi connectivity index (χ1) is 12.0. The fourth-order valence-electron chi connectivity index (χ4n) is 2.33. The third-order valence-corrected chi connectivity index (χ3v) is 3.84. The van der Waals surface area contributed by atoms with Crippen LogP contribution in [-0.2, 0) is 9.59 Å². The van der Waals surface area contributed by atoms with Gasteiger partial charge in [-0.25, -0.2) is 0 Å². The Kier molecular flexibility index (Phi) is 6.57. The highest BCUT2D eigenvalue weighted by atomic mass is 16.5. The van der Waals surface area contributed by atoms with Crippen LogP contribution in [0.4, 0.5) is 5.69 Å². The van der Waals surface area contributed by atoms with Crippen LogP contribution in [0.3, 0.4) is 0 Å². The van der Waals surface area contributed by atoms with E-state index in [2.05, 4.69) is 5.32 Å². The number of hydrogen-bond acceptors (Lipinski definition) is 3. The number of amides is 2. The van der Waals surface area contributed by atoms with Gasteiger partial charge in [-0.2, -0.15) is 0 Å². The second-order valence-electron chi connectivity index (χ2n) is 6.17. The van der Waals surface area contributed by atoms with Gasteiger partial charge < -0.3 is 15.0 Å². The molecule has 0 saturated heterocycles. The number of ether oxygens (including phenoxy) is 1. The van der Waals surface area contributed by atoms with Gasteiger partial charge in [0.1, 0.15) is 5.75 Å². The first-order valence-electron chi connectivity index (χ1n) is 8.23. The zero-order chi connectivity index (χ0) is 18.2. The van der Waals surface area contributed by atoms with E-state index in [0.29, 0.717) is 17.9 Å². The topological polar surface area (TPSA) is 58.6 Å². The summed E-state index contributed by atoms with van der Waals surface area (Å²) in [5.41, 5.74) is 1.79. The zero-order valence-electron chi connectivity index (χ0n) is 14.9. The molecule has 25 heavy (non-hydrogen) atoms. The van der Waals surface area contributed by atoms with Crippen molar-refractivity contribution in [1.82, 2.24) is 4.90 Å². The maximum Gasteiger partial charge on any atom is 0.259 e. The maximum atomic E-state index is 12.3. The van der Waals surface area contributed by atoms with Gasteiger partial charge in [0.05, 0.1) is 0 Å². The Labute approximate surface area is 148 Å². The third-order valence-electron chi connectivity index (χ3n) is 3.84. The van der Waals surface area contributed by atoms with Gasteiger partial charge in [-0.05, 0) is 23.6 Å². The Morgan fingerprint density at radius 1 is 1.08 bits per heavy atom. The van der Waals surface area contributed by atoms with Crippen molar-refractivity contribution in [3.05, 3.63) is 60.2 Å². The predicted octanol–water partition coefficient (Wildman–Crippen LogP) is 3.29. The number of likely N-dealkylation sites (N-methyl/N-ethyl adjacent to an activating group) is 1. The summed E-state index contributed by atoms with van der Waals surface area (Å²) in [6.45, 7) is 2.00. The molecular weight excluding hydrogens is 316 g/mol. The highest BCUT2D eigenvalue weighted by Crippen LogP contribution is 2.21. The van der Waals surface area contributed by atoms with Gasteiger partial charge in [-0.1, -0.05) is 43.3 Å². The zero-order valence-corrected chi connectivity index (χ0v) is 14.9. The Hall–Kier alpha value is -2.82. The Balaban J connectivity index is 1.90. The van der Waals surface area contributed by atoms with Crippen molar-refractivity contribution >= 4 is 17.5 Å². The van der Waals surface area contributed by atoms with Gasteiger partial charge in [0, 0.05) is 32.3 Å². The van der Waals surface area contributed by atoms with Crippen LogP contribution in [0.5, 0.6) is 5.75 Å². The van der Waals surface area contributed by atoms with Crippen LogP contribution in [-0.4, -0.2) is 37.4 Å². The van der Waals surface area contributed by atoms with Crippen molar-refractivity contribution in [1.29, 1.82) is 0 Å². The Bertz CT molecular complexity index is 714. The summed E-state index contributed by atoms with van der Waals surface area (Å²) in [5, 5.41) is 2.88. The fraction of sp³-hybridized carbons (Fsp3) is 0.300. The molecule has 0 saturated carbocycles. The molecule has 1 N–H and O–H groups in total. The van der Waals surface area contributed by atoms with E-state index in [1.54, 1.807) is 38.4 Å². The van der Waals surface area contributed by atoms with E-state index in [-0.39, 0.29) is 24.3 Å². The number of hydrogen-bond donors (Lipinski definition) is 1. The molecule has 0 heterocycles. The van der Waals surface area contributed by atoms with Gasteiger partial charge >= 0.3 is 0 Å². The van der Waals surface area contributed by atoms with Crippen LogP contribution in [0.1, 0.15) is 24.8 Å². The van der Waals surface area contributed by atoms with Gasteiger partial charge in [-0.3, -0.25) is 9.59 Å². The first-order valence-corrected chi connectivity index (χ1v) is 8.23. The van der Waals surface area contributed by atoms with Crippen molar-refractivity contribution in [3.63, 3.8) is 0 Å². The number of rotatable bonds is 7. The monoisotopic (exact) mass is 340 g/mol. The van der Waals surface area contributed by atoms with Crippen LogP contribution < -0.4 is 10.1 Å². The molecule has 2 rings (SSSR count). The lowest BCUT2D eigenvalue weighted by molar-refractivity contribution is -0.130. The second-order valence-corrected chi connectivity index (χ2v) is 6.17. The quantitative estimate of drug-likeness (QED) is 0.841. The number of carbonyl (C=O) groups excluding carboxylic acids is 2. The summed E-state index contributed by atoms with van der Waals surface area (Å²) >= 11 is 0. The molecule has 0 aliphatic heterocycles. The summed E-state index contributed by atoms with van der Waals surface area (Å²) in [5.74, 6) is 0.506. The van der Waals surface area contributed by atoms with Crippen molar-refractivity contribution < 1.29 is 14.3 Å². The average molecular weight is 340 g/mol. The number of anilines is 1. The lowest BCUT2D eigenvalue weighted by Gasteiger charge is -2.13. The molecule has 1 unspecified atom stereocenters. The Morgan fingerprint density at radius 2 is 1.80 bits per heavy atom. The number of benzene rings is 2. The highest BCUT2D eigenvalue weighted by Gasteiger charge is 2.12. The molecule has 2 aromatic carbocycles. The lowest BCUT2D eigenvalue weighted by atomic mass is 9.97. The van der Waals surface area contributed by atoms with E-state index in [1.807, 2.05) is 37.3 Å². The molecule has 5 heteroatoms. The summed E-state index contributed by atoms with van der Waals surface area (Å²) < 4.78 is 5.46. The summed E-state index contributed by atoms with van der Waals surface area (Å²) in [7, 11) is 3.35. The van der Waals surface area contributed by atoms with E-state index < -0.39 is 0 Å². The summed E-state index contributed by atoms with van der Waals surface area (Å²) in [6, 6.07) is 17.0. The van der Waals surface area contributed by atoms with Crippen molar-refractivity contribution in [3.8, 4) is 5.75 Å². The van der Waals surface area contributed by atoms with E-state index in [4.69, 9.17) is 4.74 Å². The molecule has 2 amide bonds. The van der Waals surface area contributed by atoms with E-state index in [9.17, 15) is 9.59 Å². The van der Waals surface area contributed by atoms with Crippen LogP contribution in [0.15, 0.2) is 54.6 Å². The van der Waals surface area contributed by atoms with Gasteiger partial charge in [0.15, 0.2) is 6.61 Å². The molecule has 132 valence electrons. The van der Waals surface area contributed by atoms with E-state index in [0.717, 1.165) is 5.56 Å². The molecule has 1 atom stereocenters. The minimum absolute atomic E-state index is 0.0323. The molecule has 2 aromatic rings. The standard InChI is InChI=1S/C20H24N2O3/c1-15(16-8-5-4-6-9-16)12-19(23)21-17-10-7-11-18(13-17)25-14-20(24)22(2)3/h4-11,13,15H,12,14H2,1-3H3,(H,21,23). The lowest BCUT2D eigenvalue weighted by Crippen LogP contribution is -2.27. The number of nitrogens with zero attached hydrogens (tertiary/aromatic N) is 1. The largest absolute Gasteiger partial charge is 0.484 e. The smallest absolute Gasteiger partial charge is 0.259 e. The van der Waals surface area contributed by atoms with Crippen molar-refractivity contribution in [2.24, 2.45) is 0 Å². The average Bonchev–Trinajstić information content (AvgIpc) is 2.60. The summed E-state index contributed by atoms with van der Waals surface area (Å²) in [4.78, 5) is 25.3.